The molecule has 0 saturated heterocycles. The zero-order chi connectivity index (χ0) is 15.1. The van der Waals surface area contributed by atoms with E-state index in [4.69, 9.17) is 0 Å². The Labute approximate surface area is 129 Å². The van der Waals surface area contributed by atoms with Crippen molar-refractivity contribution in [1.82, 2.24) is 5.32 Å². The maximum absolute atomic E-state index is 3.56. The fourth-order valence-electron chi connectivity index (χ4n) is 2.60. The third-order valence-electron chi connectivity index (χ3n) is 3.82. The first-order valence-corrected chi connectivity index (χ1v) is 7.98. The normalized spacial score (nSPS) is 12.6. The molecular formula is C20H27N. The van der Waals surface area contributed by atoms with Crippen molar-refractivity contribution >= 4 is 0 Å². The lowest BCUT2D eigenvalue weighted by molar-refractivity contribution is 0.614. The molecule has 2 aromatic rings. The van der Waals surface area contributed by atoms with E-state index in [1.54, 1.807) is 0 Å². The highest BCUT2D eigenvalue weighted by atomic mass is 14.9. The second kappa shape index (κ2) is 7.99. The van der Waals surface area contributed by atoms with Crippen molar-refractivity contribution in [2.75, 3.05) is 6.54 Å². The maximum atomic E-state index is 3.56. The van der Waals surface area contributed by atoms with Gasteiger partial charge in [0.05, 0.1) is 0 Å². The highest BCUT2D eigenvalue weighted by Crippen LogP contribution is 2.14. The second-order valence-corrected chi connectivity index (χ2v) is 6.36. The van der Waals surface area contributed by atoms with Gasteiger partial charge in [-0.15, -0.1) is 0 Å². The van der Waals surface area contributed by atoms with Crippen LogP contribution in [0, 0.1) is 5.92 Å². The number of nitrogens with one attached hydrogen (secondary N) is 1. The molecule has 0 fully saturated rings. The Morgan fingerprint density at radius 2 is 1.43 bits per heavy atom. The molecule has 0 amide bonds. The van der Waals surface area contributed by atoms with Gasteiger partial charge in [0.15, 0.2) is 0 Å². The molecule has 0 aliphatic heterocycles. The van der Waals surface area contributed by atoms with Crippen molar-refractivity contribution in [2.45, 2.75) is 39.7 Å². The summed E-state index contributed by atoms with van der Waals surface area (Å²) in [5.74, 6) is 1.27. The van der Waals surface area contributed by atoms with Crippen LogP contribution in [0.25, 0.3) is 0 Å². The van der Waals surface area contributed by atoms with E-state index in [-0.39, 0.29) is 0 Å². The Balaban J connectivity index is 1.78. The fraction of sp³-hybridized carbons (Fsp3) is 0.400. The molecule has 0 radical (unpaired) electrons. The minimum atomic E-state index is 0.548. The standard InChI is InChI=1S/C20H27N/c1-16(2)13-18-9-11-19(12-10-18)15-21-14-17(3)20-7-5-4-6-8-20/h4-12,16-17,21H,13-15H2,1-3H3. The molecule has 0 aliphatic carbocycles. The lowest BCUT2D eigenvalue weighted by Gasteiger charge is -2.13. The molecule has 2 aromatic carbocycles. The van der Waals surface area contributed by atoms with Crippen LogP contribution in [0.3, 0.4) is 0 Å². The Bertz CT molecular complexity index is 513. The van der Waals surface area contributed by atoms with Gasteiger partial charge in [-0.2, -0.15) is 0 Å². The van der Waals surface area contributed by atoms with E-state index in [0.29, 0.717) is 5.92 Å². The number of hydrogen-bond acceptors (Lipinski definition) is 1. The molecule has 0 heterocycles. The molecule has 1 N–H and O–H groups in total. The smallest absolute Gasteiger partial charge is 0.0205 e. The summed E-state index contributed by atoms with van der Waals surface area (Å²) in [6.07, 6.45) is 1.17. The average molecular weight is 281 g/mol. The maximum Gasteiger partial charge on any atom is 0.0205 e. The van der Waals surface area contributed by atoms with Gasteiger partial charge in [0.25, 0.3) is 0 Å². The zero-order valence-corrected chi connectivity index (χ0v) is 13.5. The summed E-state index contributed by atoms with van der Waals surface area (Å²) in [6.45, 7) is 8.76. The molecule has 0 aliphatic rings. The summed E-state index contributed by atoms with van der Waals surface area (Å²) in [5.41, 5.74) is 4.20. The minimum absolute atomic E-state index is 0.548. The van der Waals surface area contributed by atoms with E-state index in [1.807, 2.05) is 0 Å². The molecular weight excluding hydrogens is 254 g/mol. The largest absolute Gasteiger partial charge is 0.312 e. The van der Waals surface area contributed by atoms with Crippen LogP contribution in [0.1, 0.15) is 43.4 Å². The van der Waals surface area contributed by atoms with Gasteiger partial charge in [-0.3, -0.25) is 0 Å². The van der Waals surface area contributed by atoms with Gasteiger partial charge >= 0.3 is 0 Å². The topological polar surface area (TPSA) is 12.0 Å². The van der Waals surface area contributed by atoms with Crippen molar-refractivity contribution in [3.05, 3.63) is 71.3 Å². The first-order chi connectivity index (χ1) is 10.1. The van der Waals surface area contributed by atoms with E-state index >= 15 is 0 Å². The summed E-state index contributed by atoms with van der Waals surface area (Å²) < 4.78 is 0. The monoisotopic (exact) mass is 281 g/mol. The average Bonchev–Trinajstić information content (AvgIpc) is 2.49. The van der Waals surface area contributed by atoms with Crippen LogP contribution in [0.15, 0.2) is 54.6 Å². The van der Waals surface area contributed by atoms with Crippen LogP contribution < -0.4 is 5.32 Å². The predicted molar refractivity (Wildman–Crippen MR) is 91.5 cm³/mol. The second-order valence-electron chi connectivity index (χ2n) is 6.36. The molecule has 1 nitrogen and oxygen atoms in total. The van der Waals surface area contributed by atoms with Crippen LogP contribution in [0.4, 0.5) is 0 Å². The summed E-state index contributed by atoms with van der Waals surface area (Å²) in [4.78, 5) is 0. The molecule has 0 aromatic heterocycles. The van der Waals surface area contributed by atoms with Gasteiger partial charge in [-0.25, -0.2) is 0 Å². The van der Waals surface area contributed by atoms with Crippen LogP contribution in [-0.4, -0.2) is 6.54 Å². The van der Waals surface area contributed by atoms with Crippen molar-refractivity contribution in [3.8, 4) is 0 Å². The molecule has 1 unspecified atom stereocenters. The molecule has 1 heteroatoms. The molecule has 0 saturated carbocycles. The van der Waals surface area contributed by atoms with Crippen molar-refractivity contribution < 1.29 is 0 Å². The first-order valence-electron chi connectivity index (χ1n) is 7.98. The zero-order valence-electron chi connectivity index (χ0n) is 13.5. The molecule has 2 rings (SSSR count). The van der Waals surface area contributed by atoms with E-state index < -0.39 is 0 Å². The van der Waals surface area contributed by atoms with Gasteiger partial charge in [0.2, 0.25) is 0 Å². The van der Waals surface area contributed by atoms with Gasteiger partial charge in [0.1, 0.15) is 0 Å². The minimum Gasteiger partial charge on any atom is -0.312 e. The third kappa shape index (κ3) is 5.35. The van der Waals surface area contributed by atoms with E-state index in [0.717, 1.165) is 19.0 Å². The Morgan fingerprint density at radius 3 is 2.05 bits per heavy atom. The molecule has 21 heavy (non-hydrogen) atoms. The Morgan fingerprint density at radius 1 is 0.810 bits per heavy atom. The highest BCUT2D eigenvalue weighted by Gasteiger charge is 2.04. The molecule has 1 atom stereocenters. The summed E-state index contributed by atoms with van der Waals surface area (Å²) >= 11 is 0. The van der Waals surface area contributed by atoms with Gasteiger partial charge in [0, 0.05) is 13.1 Å². The van der Waals surface area contributed by atoms with Crippen molar-refractivity contribution in [1.29, 1.82) is 0 Å². The van der Waals surface area contributed by atoms with Crippen LogP contribution in [0.5, 0.6) is 0 Å². The fourth-order valence-corrected chi connectivity index (χ4v) is 2.60. The Kier molecular flexibility index (Phi) is 6.01. The first kappa shape index (κ1) is 15.8. The molecule has 0 spiro atoms. The highest BCUT2D eigenvalue weighted by molar-refractivity contribution is 5.23. The number of hydrogen-bond donors (Lipinski definition) is 1. The van der Waals surface area contributed by atoms with Crippen molar-refractivity contribution in [2.24, 2.45) is 5.92 Å². The Hall–Kier alpha value is -1.60. The summed E-state index contributed by atoms with van der Waals surface area (Å²) in [7, 11) is 0. The van der Waals surface area contributed by atoms with Crippen LogP contribution in [0.2, 0.25) is 0 Å². The summed E-state index contributed by atoms with van der Waals surface area (Å²) in [5, 5.41) is 3.56. The van der Waals surface area contributed by atoms with E-state index in [2.05, 4.69) is 80.7 Å². The van der Waals surface area contributed by atoms with E-state index in [1.165, 1.54) is 23.1 Å². The van der Waals surface area contributed by atoms with Crippen LogP contribution in [-0.2, 0) is 13.0 Å². The van der Waals surface area contributed by atoms with Gasteiger partial charge in [-0.05, 0) is 34.9 Å². The lowest BCUT2D eigenvalue weighted by Crippen LogP contribution is -2.19. The SMILES string of the molecule is CC(C)Cc1ccc(CNCC(C)c2ccccc2)cc1. The quantitative estimate of drug-likeness (QED) is 0.770. The number of benzene rings is 2. The van der Waals surface area contributed by atoms with Crippen LogP contribution >= 0.6 is 0 Å². The third-order valence-corrected chi connectivity index (χ3v) is 3.82. The summed E-state index contributed by atoms with van der Waals surface area (Å²) in [6, 6.07) is 19.7. The molecule has 112 valence electrons. The van der Waals surface area contributed by atoms with E-state index in [9.17, 15) is 0 Å². The predicted octanol–water partition coefficient (Wildman–Crippen LogP) is 4.78. The molecule has 0 bridgehead atoms. The van der Waals surface area contributed by atoms with Gasteiger partial charge in [-0.1, -0.05) is 75.4 Å². The lowest BCUT2D eigenvalue weighted by atomic mass is 10.0. The van der Waals surface area contributed by atoms with Crippen molar-refractivity contribution in [3.63, 3.8) is 0 Å². The number of rotatable bonds is 7. The van der Waals surface area contributed by atoms with Gasteiger partial charge < -0.3 is 5.32 Å².